The highest BCUT2D eigenvalue weighted by molar-refractivity contribution is 6.00. The quantitative estimate of drug-likeness (QED) is 0.288. The summed E-state index contributed by atoms with van der Waals surface area (Å²) in [5.41, 5.74) is 3.87. The molecule has 3 aromatic carbocycles. The highest BCUT2D eigenvalue weighted by Crippen LogP contribution is 2.26. The van der Waals surface area contributed by atoms with Crippen molar-refractivity contribution in [2.45, 2.75) is 32.8 Å². The van der Waals surface area contributed by atoms with Crippen molar-refractivity contribution in [2.75, 3.05) is 31.6 Å². The molecular formula is C32H34N4O4. The van der Waals surface area contributed by atoms with E-state index in [2.05, 4.69) is 5.32 Å². The maximum Gasteiger partial charge on any atom is 0.254 e. The number of benzene rings is 3. The molecule has 1 N–H and O–H groups in total. The first kappa shape index (κ1) is 27.1. The van der Waals surface area contributed by atoms with E-state index < -0.39 is 0 Å². The van der Waals surface area contributed by atoms with Crippen LogP contribution in [0.15, 0.2) is 85.1 Å². The van der Waals surface area contributed by atoms with Gasteiger partial charge in [-0.15, -0.1) is 0 Å². The van der Waals surface area contributed by atoms with Gasteiger partial charge in [0.15, 0.2) is 0 Å². The van der Waals surface area contributed by atoms with Gasteiger partial charge in [0.05, 0.1) is 24.1 Å². The minimum atomic E-state index is -0.340. The number of hydrogen-bond donors (Lipinski definition) is 1. The van der Waals surface area contributed by atoms with E-state index in [1.165, 1.54) is 0 Å². The van der Waals surface area contributed by atoms with E-state index in [0.717, 1.165) is 35.4 Å². The third kappa shape index (κ3) is 6.40. The van der Waals surface area contributed by atoms with Crippen LogP contribution in [0, 0.1) is 6.92 Å². The van der Waals surface area contributed by atoms with Gasteiger partial charge in [0.25, 0.3) is 5.91 Å². The predicted molar refractivity (Wildman–Crippen MR) is 155 cm³/mol. The van der Waals surface area contributed by atoms with E-state index in [9.17, 15) is 9.59 Å². The summed E-state index contributed by atoms with van der Waals surface area (Å²) in [6.07, 6.45) is 3.61. The molecule has 8 heteroatoms. The van der Waals surface area contributed by atoms with Gasteiger partial charge in [0, 0.05) is 36.5 Å². The van der Waals surface area contributed by atoms with Crippen molar-refractivity contribution in [3.63, 3.8) is 0 Å². The molecule has 0 bridgehead atoms. The maximum atomic E-state index is 13.6. The van der Waals surface area contributed by atoms with E-state index in [4.69, 9.17) is 14.5 Å². The van der Waals surface area contributed by atoms with Gasteiger partial charge in [-0.05, 0) is 50.5 Å². The van der Waals surface area contributed by atoms with E-state index in [-0.39, 0.29) is 24.5 Å². The average Bonchev–Trinajstić information content (AvgIpc) is 3.64. The molecule has 0 saturated carbocycles. The third-order valence-electron chi connectivity index (χ3n) is 6.88. The van der Waals surface area contributed by atoms with Crippen LogP contribution >= 0.6 is 0 Å². The number of rotatable bonds is 10. The number of carbonyl (C=O) groups excluding carboxylic acids is 2. The van der Waals surface area contributed by atoms with Gasteiger partial charge >= 0.3 is 0 Å². The second kappa shape index (κ2) is 12.6. The van der Waals surface area contributed by atoms with Crippen LogP contribution in [0.2, 0.25) is 0 Å². The van der Waals surface area contributed by atoms with E-state index >= 15 is 0 Å². The standard InChI is InChI=1S/C32H34N4O4/c1-3-39-26-15-9-14-25(19-26)36-21-29(24-12-5-4-6-13-24)33-32(36)34-30(37)22-35(20-27-16-10-18-40-27)31(38)28-17-8-7-11-23(28)2/h4-9,11-15,17,19,21,27H,3,10,16,18,20,22H2,1-2H3,(H,33,34,37)/t27-/m1/s1. The molecule has 5 rings (SSSR count). The van der Waals surface area contributed by atoms with E-state index in [1.54, 1.807) is 11.0 Å². The lowest BCUT2D eigenvalue weighted by Crippen LogP contribution is -2.42. The summed E-state index contributed by atoms with van der Waals surface area (Å²) in [6, 6.07) is 24.8. The third-order valence-corrected chi connectivity index (χ3v) is 6.88. The molecular weight excluding hydrogens is 504 g/mol. The lowest BCUT2D eigenvalue weighted by molar-refractivity contribution is -0.117. The Bertz CT molecular complexity index is 1460. The van der Waals surface area contributed by atoms with Gasteiger partial charge in [0.1, 0.15) is 12.3 Å². The summed E-state index contributed by atoms with van der Waals surface area (Å²) in [4.78, 5) is 33.4. The number of nitrogens with one attached hydrogen (secondary N) is 1. The molecule has 0 unspecified atom stereocenters. The summed E-state index contributed by atoms with van der Waals surface area (Å²) in [6.45, 7) is 5.27. The maximum absolute atomic E-state index is 13.6. The number of aryl methyl sites for hydroxylation is 1. The first-order chi connectivity index (χ1) is 19.5. The largest absolute Gasteiger partial charge is 0.494 e. The molecule has 0 spiro atoms. The van der Waals surface area contributed by atoms with Crippen molar-refractivity contribution in [1.82, 2.24) is 14.5 Å². The highest BCUT2D eigenvalue weighted by atomic mass is 16.5. The van der Waals surface area contributed by atoms with Crippen LogP contribution in [0.4, 0.5) is 5.95 Å². The van der Waals surface area contributed by atoms with Gasteiger partial charge < -0.3 is 14.4 Å². The SMILES string of the molecule is CCOc1cccc(-n2cc(-c3ccccc3)nc2NC(=O)CN(C[C@H]2CCCO2)C(=O)c2ccccc2C)c1. The summed E-state index contributed by atoms with van der Waals surface area (Å²) in [5, 5.41) is 2.96. The first-order valence-electron chi connectivity index (χ1n) is 13.7. The van der Waals surface area contributed by atoms with Crippen LogP contribution in [-0.2, 0) is 9.53 Å². The minimum absolute atomic E-state index is 0.0891. The van der Waals surface area contributed by atoms with Crippen molar-refractivity contribution >= 4 is 17.8 Å². The monoisotopic (exact) mass is 538 g/mol. The Morgan fingerprint density at radius 3 is 2.62 bits per heavy atom. The molecule has 2 amide bonds. The Morgan fingerprint density at radius 2 is 1.88 bits per heavy atom. The molecule has 0 aliphatic carbocycles. The van der Waals surface area contributed by atoms with Crippen molar-refractivity contribution in [1.29, 1.82) is 0 Å². The normalized spacial score (nSPS) is 14.6. The van der Waals surface area contributed by atoms with Gasteiger partial charge in [-0.2, -0.15) is 0 Å². The molecule has 1 aromatic heterocycles. The molecule has 1 saturated heterocycles. The summed E-state index contributed by atoms with van der Waals surface area (Å²) in [7, 11) is 0. The Balaban J connectivity index is 1.43. The van der Waals surface area contributed by atoms with E-state index in [0.29, 0.717) is 37.0 Å². The first-order valence-corrected chi connectivity index (χ1v) is 13.7. The summed E-state index contributed by atoms with van der Waals surface area (Å²) < 4.78 is 13.3. The van der Waals surface area contributed by atoms with Gasteiger partial charge in [0.2, 0.25) is 11.9 Å². The van der Waals surface area contributed by atoms with Gasteiger partial charge in [-0.3, -0.25) is 19.5 Å². The fourth-order valence-corrected chi connectivity index (χ4v) is 4.88. The number of anilines is 1. The number of nitrogens with zero attached hydrogens (tertiary/aromatic N) is 3. The zero-order valence-corrected chi connectivity index (χ0v) is 22.9. The average molecular weight is 539 g/mol. The van der Waals surface area contributed by atoms with Crippen molar-refractivity contribution in [3.05, 3.63) is 96.2 Å². The fourth-order valence-electron chi connectivity index (χ4n) is 4.88. The Labute approximate surface area is 234 Å². The molecule has 40 heavy (non-hydrogen) atoms. The van der Waals surface area contributed by atoms with Crippen LogP contribution in [0.3, 0.4) is 0 Å². The molecule has 2 heterocycles. The molecule has 8 nitrogen and oxygen atoms in total. The molecule has 4 aromatic rings. The van der Waals surface area contributed by atoms with Gasteiger partial charge in [-0.1, -0.05) is 54.6 Å². The zero-order chi connectivity index (χ0) is 27.9. The smallest absolute Gasteiger partial charge is 0.254 e. The van der Waals surface area contributed by atoms with Crippen molar-refractivity contribution in [2.24, 2.45) is 0 Å². The van der Waals surface area contributed by atoms with Crippen LogP contribution in [0.5, 0.6) is 5.75 Å². The number of carbonyl (C=O) groups is 2. The number of aromatic nitrogens is 2. The number of hydrogen-bond acceptors (Lipinski definition) is 5. The second-order valence-corrected chi connectivity index (χ2v) is 9.80. The molecule has 206 valence electrons. The molecule has 1 aliphatic rings. The highest BCUT2D eigenvalue weighted by Gasteiger charge is 2.26. The fraction of sp³-hybridized carbons (Fsp3) is 0.281. The Hall–Kier alpha value is -4.43. The summed E-state index contributed by atoms with van der Waals surface area (Å²) >= 11 is 0. The lowest BCUT2D eigenvalue weighted by Gasteiger charge is -2.25. The Kier molecular flexibility index (Phi) is 8.56. The molecule has 1 fully saturated rings. The van der Waals surface area contributed by atoms with Crippen molar-refractivity contribution in [3.8, 4) is 22.7 Å². The van der Waals surface area contributed by atoms with Crippen molar-refractivity contribution < 1.29 is 19.1 Å². The number of imidazole rings is 1. The zero-order valence-electron chi connectivity index (χ0n) is 22.9. The van der Waals surface area contributed by atoms with Gasteiger partial charge in [-0.25, -0.2) is 4.98 Å². The van der Waals surface area contributed by atoms with Crippen LogP contribution in [-0.4, -0.2) is 58.7 Å². The second-order valence-electron chi connectivity index (χ2n) is 9.80. The topological polar surface area (TPSA) is 85.7 Å². The number of amides is 2. The minimum Gasteiger partial charge on any atom is -0.494 e. The molecule has 1 aliphatic heterocycles. The predicted octanol–water partition coefficient (Wildman–Crippen LogP) is 5.51. The van der Waals surface area contributed by atoms with Crippen LogP contribution in [0.25, 0.3) is 16.9 Å². The van der Waals surface area contributed by atoms with Crippen LogP contribution in [0.1, 0.15) is 35.7 Å². The Morgan fingerprint density at radius 1 is 1.07 bits per heavy atom. The number of ether oxygens (including phenoxy) is 2. The van der Waals surface area contributed by atoms with Crippen LogP contribution < -0.4 is 10.1 Å². The molecule has 1 atom stereocenters. The lowest BCUT2D eigenvalue weighted by atomic mass is 10.1. The molecule has 0 radical (unpaired) electrons. The summed E-state index contributed by atoms with van der Waals surface area (Å²) in [5.74, 6) is 0.547. The van der Waals surface area contributed by atoms with E-state index in [1.807, 2.05) is 97.4 Å².